The van der Waals surface area contributed by atoms with E-state index in [2.05, 4.69) is 0 Å². The van der Waals surface area contributed by atoms with Crippen molar-refractivity contribution in [1.82, 2.24) is 0 Å². The Morgan fingerprint density at radius 1 is 0.889 bits per heavy atom. The molecule has 0 N–H and O–H groups in total. The Hall–Kier alpha value is -2.32. The van der Waals surface area contributed by atoms with Crippen LogP contribution in [0.4, 0.5) is 11.4 Å². The average Bonchev–Trinajstić information content (AvgIpc) is 3.10. The van der Waals surface area contributed by atoms with E-state index in [1.54, 1.807) is 14.2 Å². The van der Waals surface area contributed by atoms with Crippen molar-refractivity contribution in [2.75, 3.05) is 35.5 Å². The van der Waals surface area contributed by atoms with Crippen molar-refractivity contribution in [2.24, 2.45) is 0 Å². The second-order valence-electron chi connectivity index (χ2n) is 6.63. The van der Waals surface area contributed by atoms with Crippen molar-refractivity contribution in [3.8, 4) is 11.5 Å². The first-order valence-electron chi connectivity index (χ1n) is 8.54. The molecule has 2 saturated heterocycles. The summed E-state index contributed by atoms with van der Waals surface area (Å²) in [5.74, 6) is 1.62. The number of benzene rings is 2. The summed E-state index contributed by atoms with van der Waals surface area (Å²) in [5, 5.41) is 0.596. The van der Waals surface area contributed by atoms with Crippen LogP contribution in [0.25, 0.3) is 0 Å². The van der Waals surface area contributed by atoms with Crippen molar-refractivity contribution in [2.45, 2.75) is 12.1 Å². The molecule has 27 heavy (non-hydrogen) atoms. The fraction of sp³-hybridized carbons (Fsp3) is 0.316. The van der Waals surface area contributed by atoms with Gasteiger partial charge in [-0.15, -0.1) is 0 Å². The lowest BCUT2D eigenvalue weighted by atomic mass is 10.1. The highest BCUT2D eigenvalue weighted by Gasteiger charge is 2.52. The molecule has 2 aliphatic rings. The molecule has 0 unspecified atom stereocenters. The zero-order valence-electron chi connectivity index (χ0n) is 15.0. The number of methoxy groups -OCH3 is 2. The van der Waals surface area contributed by atoms with Gasteiger partial charge >= 0.3 is 0 Å². The normalized spacial score (nSPS) is 23.4. The fourth-order valence-corrected chi connectivity index (χ4v) is 6.21. The minimum absolute atomic E-state index is 0.0850. The van der Waals surface area contributed by atoms with E-state index in [0.717, 1.165) is 17.1 Å². The SMILES string of the molecule is COc1ccc(N2C(=S)N(c3cccc(OC)c3)[C@H]3CS(=O)(=O)C[C@@H]32)cc1. The Labute approximate surface area is 164 Å². The summed E-state index contributed by atoms with van der Waals surface area (Å²) in [4.78, 5) is 3.89. The summed E-state index contributed by atoms with van der Waals surface area (Å²) in [6, 6.07) is 14.6. The van der Waals surface area contributed by atoms with E-state index in [0.29, 0.717) is 10.9 Å². The molecule has 0 spiro atoms. The maximum absolute atomic E-state index is 12.4. The molecular formula is C19H20N2O4S2. The summed E-state index contributed by atoms with van der Waals surface area (Å²) in [7, 11) is 0.0776. The summed E-state index contributed by atoms with van der Waals surface area (Å²) < 4.78 is 35.3. The first-order valence-corrected chi connectivity index (χ1v) is 10.8. The van der Waals surface area contributed by atoms with Crippen LogP contribution >= 0.6 is 12.2 Å². The number of ether oxygens (including phenoxy) is 2. The van der Waals surface area contributed by atoms with Crippen molar-refractivity contribution in [3.05, 3.63) is 48.5 Å². The molecule has 0 amide bonds. The van der Waals surface area contributed by atoms with Crippen LogP contribution in [0.2, 0.25) is 0 Å². The van der Waals surface area contributed by atoms with E-state index in [1.807, 2.05) is 58.3 Å². The molecule has 0 aliphatic carbocycles. The van der Waals surface area contributed by atoms with Gasteiger partial charge in [-0.3, -0.25) is 0 Å². The molecule has 0 radical (unpaired) electrons. The smallest absolute Gasteiger partial charge is 0.181 e. The molecule has 142 valence electrons. The van der Waals surface area contributed by atoms with E-state index in [1.165, 1.54) is 0 Å². The minimum atomic E-state index is -3.14. The molecule has 0 bridgehead atoms. The Morgan fingerprint density at radius 3 is 2.07 bits per heavy atom. The number of fused-ring (bicyclic) bond motifs is 1. The molecule has 2 fully saturated rings. The van der Waals surface area contributed by atoms with Crippen LogP contribution in [-0.4, -0.2) is 51.3 Å². The zero-order chi connectivity index (χ0) is 19.2. The molecule has 2 aromatic carbocycles. The monoisotopic (exact) mass is 404 g/mol. The molecule has 2 aliphatic heterocycles. The van der Waals surface area contributed by atoms with E-state index in [-0.39, 0.29) is 23.6 Å². The van der Waals surface area contributed by atoms with Crippen molar-refractivity contribution in [1.29, 1.82) is 0 Å². The third-order valence-electron chi connectivity index (χ3n) is 5.05. The number of hydrogen-bond donors (Lipinski definition) is 0. The third-order valence-corrected chi connectivity index (χ3v) is 7.14. The van der Waals surface area contributed by atoms with E-state index in [4.69, 9.17) is 21.7 Å². The first-order chi connectivity index (χ1) is 12.9. The van der Waals surface area contributed by atoms with Gasteiger partial charge in [0.25, 0.3) is 0 Å². The number of sulfone groups is 1. The molecule has 4 rings (SSSR count). The Morgan fingerprint density at radius 2 is 1.48 bits per heavy atom. The maximum atomic E-state index is 12.4. The van der Waals surface area contributed by atoms with Crippen LogP contribution in [0, 0.1) is 0 Å². The Kier molecular flexibility index (Phi) is 4.47. The van der Waals surface area contributed by atoms with Gasteiger partial charge in [-0.05, 0) is 48.6 Å². The van der Waals surface area contributed by atoms with E-state index in [9.17, 15) is 8.42 Å². The predicted octanol–water partition coefficient (Wildman–Crippen LogP) is 2.48. The molecular weight excluding hydrogens is 384 g/mol. The van der Waals surface area contributed by atoms with Crippen LogP contribution in [0.1, 0.15) is 0 Å². The number of rotatable bonds is 4. The number of hydrogen-bond acceptors (Lipinski definition) is 5. The molecule has 2 atom stereocenters. The second kappa shape index (κ2) is 6.69. The lowest BCUT2D eigenvalue weighted by molar-refractivity contribution is 0.414. The topological polar surface area (TPSA) is 59.1 Å². The molecule has 0 saturated carbocycles. The van der Waals surface area contributed by atoms with Crippen LogP contribution in [0.15, 0.2) is 48.5 Å². The summed E-state index contributed by atoms with van der Waals surface area (Å²) in [6.45, 7) is 0. The van der Waals surface area contributed by atoms with E-state index >= 15 is 0 Å². The van der Waals surface area contributed by atoms with Gasteiger partial charge in [-0.1, -0.05) is 6.07 Å². The average molecular weight is 405 g/mol. The molecule has 2 heterocycles. The van der Waals surface area contributed by atoms with Crippen LogP contribution in [0.3, 0.4) is 0 Å². The molecule has 8 heteroatoms. The Balaban J connectivity index is 1.77. The van der Waals surface area contributed by atoms with Crippen LogP contribution < -0.4 is 19.3 Å². The van der Waals surface area contributed by atoms with Gasteiger partial charge in [-0.2, -0.15) is 0 Å². The zero-order valence-corrected chi connectivity index (χ0v) is 16.7. The van der Waals surface area contributed by atoms with Crippen molar-refractivity contribution >= 4 is 38.5 Å². The van der Waals surface area contributed by atoms with Gasteiger partial charge in [-0.25, -0.2) is 8.42 Å². The fourth-order valence-electron chi connectivity index (χ4n) is 3.81. The minimum Gasteiger partial charge on any atom is -0.497 e. The van der Waals surface area contributed by atoms with Gasteiger partial charge < -0.3 is 19.3 Å². The predicted molar refractivity (Wildman–Crippen MR) is 110 cm³/mol. The quantitative estimate of drug-likeness (QED) is 0.726. The highest BCUT2D eigenvalue weighted by atomic mass is 32.2. The highest BCUT2D eigenvalue weighted by Crippen LogP contribution is 2.39. The largest absolute Gasteiger partial charge is 0.497 e. The van der Waals surface area contributed by atoms with Gasteiger partial charge in [0, 0.05) is 17.4 Å². The highest BCUT2D eigenvalue weighted by molar-refractivity contribution is 7.91. The molecule has 6 nitrogen and oxygen atoms in total. The second-order valence-corrected chi connectivity index (χ2v) is 9.15. The lowest BCUT2D eigenvalue weighted by Gasteiger charge is -2.26. The van der Waals surface area contributed by atoms with Crippen molar-refractivity contribution < 1.29 is 17.9 Å². The van der Waals surface area contributed by atoms with Crippen molar-refractivity contribution in [3.63, 3.8) is 0 Å². The maximum Gasteiger partial charge on any atom is 0.181 e. The van der Waals surface area contributed by atoms with Gasteiger partial charge in [0.1, 0.15) is 11.5 Å². The summed E-state index contributed by atoms with van der Waals surface area (Å²) in [6.07, 6.45) is 0. The number of nitrogens with zero attached hydrogens (tertiary/aromatic N) is 2. The van der Waals surface area contributed by atoms with Gasteiger partial charge in [0.05, 0.1) is 37.8 Å². The van der Waals surface area contributed by atoms with Crippen LogP contribution in [0.5, 0.6) is 11.5 Å². The Bertz CT molecular complexity index is 975. The van der Waals surface area contributed by atoms with Gasteiger partial charge in [0.2, 0.25) is 0 Å². The standard InChI is InChI=1S/C19H20N2O4S2/c1-24-15-8-6-13(7-9-15)20-17-11-27(22,23)12-18(17)21(19(20)26)14-4-3-5-16(10-14)25-2/h3-10,17-18H,11-12H2,1-2H3/t17-,18-/m0/s1. The summed E-state index contributed by atoms with van der Waals surface area (Å²) in [5.41, 5.74) is 1.70. The summed E-state index contributed by atoms with van der Waals surface area (Å²) >= 11 is 5.78. The number of anilines is 2. The van der Waals surface area contributed by atoms with Gasteiger partial charge in [0.15, 0.2) is 14.9 Å². The first kappa shape index (κ1) is 18.1. The van der Waals surface area contributed by atoms with E-state index < -0.39 is 9.84 Å². The molecule has 2 aromatic rings. The number of thiocarbonyl (C=S) groups is 1. The molecule has 0 aromatic heterocycles. The van der Waals surface area contributed by atoms with Crippen LogP contribution in [-0.2, 0) is 9.84 Å². The lowest BCUT2D eigenvalue weighted by Crippen LogP contribution is -2.37. The third kappa shape index (κ3) is 3.12.